The third kappa shape index (κ3) is 3.72. The summed E-state index contributed by atoms with van der Waals surface area (Å²) in [5, 5.41) is 0.713. The van der Waals surface area contributed by atoms with Gasteiger partial charge in [-0.05, 0) is 47.0 Å². The third-order valence-electron chi connectivity index (χ3n) is 2.34. The molecule has 0 heterocycles. The van der Waals surface area contributed by atoms with Gasteiger partial charge >= 0.3 is 0 Å². The molecule has 0 amide bonds. The van der Waals surface area contributed by atoms with Gasteiger partial charge in [-0.15, -0.1) is 11.8 Å². The van der Waals surface area contributed by atoms with Crippen molar-refractivity contribution in [2.45, 2.75) is 36.8 Å². The number of methoxy groups -OCH3 is 1. The van der Waals surface area contributed by atoms with Gasteiger partial charge in [-0.25, -0.2) is 0 Å². The first kappa shape index (κ1) is 12.9. The van der Waals surface area contributed by atoms with Crippen molar-refractivity contribution >= 4 is 27.7 Å². The van der Waals surface area contributed by atoms with Gasteiger partial charge in [0.15, 0.2) is 0 Å². The highest BCUT2D eigenvalue weighted by Gasteiger charge is 2.07. The molecule has 1 aromatic carbocycles. The van der Waals surface area contributed by atoms with Crippen molar-refractivity contribution in [3.8, 4) is 5.75 Å². The van der Waals surface area contributed by atoms with E-state index in [1.807, 2.05) is 17.8 Å². The number of hydrogen-bond acceptors (Lipinski definition) is 2. The van der Waals surface area contributed by atoms with E-state index in [-0.39, 0.29) is 0 Å². The van der Waals surface area contributed by atoms with E-state index in [9.17, 15) is 0 Å². The maximum atomic E-state index is 5.20. The molecule has 84 valence electrons. The van der Waals surface area contributed by atoms with Crippen LogP contribution in [-0.2, 0) is 0 Å². The molecular formula is C12H17BrOS. The quantitative estimate of drug-likeness (QED) is 0.724. The maximum absolute atomic E-state index is 5.20. The van der Waals surface area contributed by atoms with Crippen LogP contribution in [0.15, 0.2) is 27.6 Å². The second-order valence-electron chi connectivity index (χ2n) is 3.35. The maximum Gasteiger partial charge on any atom is 0.133 e. The van der Waals surface area contributed by atoms with Gasteiger partial charge in [0.05, 0.1) is 11.6 Å². The van der Waals surface area contributed by atoms with E-state index in [1.54, 1.807) is 7.11 Å². The standard InChI is InChI=1S/C12H17BrOS/c1-4-9(5-2)15-10-6-7-12(14-3)11(13)8-10/h6-9H,4-5H2,1-3H3. The lowest BCUT2D eigenvalue weighted by Gasteiger charge is -2.12. The largest absolute Gasteiger partial charge is 0.496 e. The number of thioether (sulfide) groups is 1. The highest BCUT2D eigenvalue weighted by atomic mass is 79.9. The second kappa shape index (κ2) is 6.44. The van der Waals surface area contributed by atoms with Crippen LogP contribution in [0.1, 0.15) is 26.7 Å². The van der Waals surface area contributed by atoms with Gasteiger partial charge in [0.1, 0.15) is 5.75 Å². The first-order chi connectivity index (χ1) is 7.21. The summed E-state index contributed by atoms with van der Waals surface area (Å²) in [6.07, 6.45) is 2.43. The monoisotopic (exact) mass is 288 g/mol. The summed E-state index contributed by atoms with van der Waals surface area (Å²) in [6.45, 7) is 4.47. The molecule has 0 spiro atoms. The molecule has 1 nitrogen and oxygen atoms in total. The van der Waals surface area contributed by atoms with Crippen molar-refractivity contribution in [2.24, 2.45) is 0 Å². The molecule has 0 saturated carbocycles. The van der Waals surface area contributed by atoms with E-state index >= 15 is 0 Å². The first-order valence-electron chi connectivity index (χ1n) is 5.21. The Morgan fingerprint density at radius 1 is 1.33 bits per heavy atom. The average Bonchev–Trinajstić information content (AvgIpc) is 2.26. The Balaban J connectivity index is 2.74. The van der Waals surface area contributed by atoms with E-state index in [0.29, 0.717) is 5.25 Å². The molecule has 0 radical (unpaired) electrons. The minimum absolute atomic E-state index is 0.713. The summed E-state index contributed by atoms with van der Waals surface area (Å²) in [6, 6.07) is 6.25. The Kier molecular flexibility index (Phi) is 5.54. The summed E-state index contributed by atoms with van der Waals surface area (Å²) in [5.74, 6) is 0.892. The summed E-state index contributed by atoms with van der Waals surface area (Å²) in [4.78, 5) is 1.30. The lowest BCUT2D eigenvalue weighted by atomic mass is 10.3. The van der Waals surface area contributed by atoms with Crippen molar-refractivity contribution in [1.29, 1.82) is 0 Å². The van der Waals surface area contributed by atoms with Crippen LogP contribution in [0.25, 0.3) is 0 Å². The van der Waals surface area contributed by atoms with Crippen molar-refractivity contribution in [2.75, 3.05) is 7.11 Å². The number of halogens is 1. The van der Waals surface area contributed by atoms with Gasteiger partial charge < -0.3 is 4.74 Å². The van der Waals surface area contributed by atoms with Crippen LogP contribution < -0.4 is 4.74 Å². The Hall–Kier alpha value is -0.150. The minimum Gasteiger partial charge on any atom is -0.496 e. The van der Waals surface area contributed by atoms with E-state index in [1.165, 1.54) is 17.7 Å². The molecule has 0 bridgehead atoms. The Morgan fingerprint density at radius 2 is 2.00 bits per heavy atom. The molecular weight excluding hydrogens is 272 g/mol. The van der Waals surface area contributed by atoms with E-state index in [4.69, 9.17) is 4.74 Å². The zero-order chi connectivity index (χ0) is 11.3. The minimum atomic E-state index is 0.713. The molecule has 0 saturated heterocycles. The predicted molar refractivity (Wildman–Crippen MR) is 70.9 cm³/mol. The van der Waals surface area contributed by atoms with Crippen molar-refractivity contribution in [3.63, 3.8) is 0 Å². The van der Waals surface area contributed by atoms with Gasteiger partial charge in [-0.2, -0.15) is 0 Å². The van der Waals surface area contributed by atoms with Crippen LogP contribution >= 0.6 is 27.7 Å². The van der Waals surface area contributed by atoms with Crippen LogP contribution in [0.5, 0.6) is 5.75 Å². The Morgan fingerprint density at radius 3 is 2.47 bits per heavy atom. The van der Waals surface area contributed by atoms with Gasteiger partial charge in [-0.1, -0.05) is 13.8 Å². The molecule has 3 heteroatoms. The van der Waals surface area contributed by atoms with Crippen LogP contribution in [-0.4, -0.2) is 12.4 Å². The fourth-order valence-corrected chi connectivity index (χ4v) is 3.11. The van der Waals surface area contributed by atoms with Crippen LogP contribution in [0.4, 0.5) is 0 Å². The Bertz CT molecular complexity index is 310. The molecule has 0 unspecified atom stereocenters. The molecule has 0 aliphatic heterocycles. The molecule has 0 aliphatic carbocycles. The highest BCUT2D eigenvalue weighted by Crippen LogP contribution is 2.33. The first-order valence-corrected chi connectivity index (χ1v) is 6.88. The molecule has 0 aromatic heterocycles. The SMILES string of the molecule is CCC(CC)Sc1ccc(OC)c(Br)c1. The van der Waals surface area contributed by atoms with E-state index in [0.717, 1.165) is 10.2 Å². The van der Waals surface area contributed by atoms with Crippen LogP contribution in [0.3, 0.4) is 0 Å². The molecule has 15 heavy (non-hydrogen) atoms. The smallest absolute Gasteiger partial charge is 0.133 e. The second-order valence-corrected chi connectivity index (χ2v) is 5.58. The molecule has 1 aromatic rings. The predicted octanol–water partition coefficient (Wildman–Crippen LogP) is 4.74. The van der Waals surface area contributed by atoms with Crippen molar-refractivity contribution < 1.29 is 4.74 Å². The zero-order valence-corrected chi connectivity index (χ0v) is 11.8. The lowest BCUT2D eigenvalue weighted by molar-refractivity contribution is 0.412. The van der Waals surface area contributed by atoms with Gasteiger partial charge in [0, 0.05) is 10.1 Å². The summed E-state index contributed by atoms with van der Waals surface area (Å²) < 4.78 is 6.23. The van der Waals surface area contributed by atoms with Crippen LogP contribution in [0.2, 0.25) is 0 Å². The third-order valence-corrected chi connectivity index (χ3v) is 4.48. The normalized spacial score (nSPS) is 10.7. The molecule has 0 atom stereocenters. The van der Waals surface area contributed by atoms with Gasteiger partial charge in [0.25, 0.3) is 0 Å². The highest BCUT2D eigenvalue weighted by molar-refractivity contribution is 9.10. The fraction of sp³-hybridized carbons (Fsp3) is 0.500. The zero-order valence-electron chi connectivity index (χ0n) is 9.42. The van der Waals surface area contributed by atoms with Crippen molar-refractivity contribution in [3.05, 3.63) is 22.7 Å². The number of hydrogen-bond donors (Lipinski definition) is 0. The van der Waals surface area contributed by atoms with Crippen LogP contribution in [0, 0.1) is 0 Å². The topological polar surface area (TPSA) is 9.23 Å². The van der Waals surface area contributed by atoms with E-state index < -0.39 is 0 Å². The van der Waals surface area contributed by atoms with Gasteiger partial charge in [0.2, 0.25) is 0 Å². The number of benzene rings is 1. The number of ether oxygens (including phenoxy) is 1. The molecule has 0 aliphatic rings. The molecule has 0 fully saturated rings. The lowest BCUT2D eigenvalue weighted by Crippen LogP contribution is -1.97. The van der Waals surface area contributed by atoms with Crippen molar-refractivity contribution in [1.82, 2.24) is 0 Å². The average molecular weight is 289 g/mol. The van der Waals surface area contributed by atoms with E-state index in [2.05, 4.69) is 41.9 Å². The molecule has 1 rings (SSSR count). The summed E-state index contributed by atoms with van der Waals surface area (Å²) in [7, 11) is 1.69. The fourth-order valence-electron chi connectivity index (χ4n) is 1.37. The van der Waals surface area contributed by atoms with Gasteiger partial charge in [-0.3, -0.25) is 0 Å². The number of rotatable bonds is 5. The Labute approximate surface area is 105 Å². The summed E-state index contributed by atoms with van der Waals surface area (Å²) in [5.41, 5.74) is 0. The summed E-state index contributed by atoms with van der Waals surface area (Å²) >= 11 is 5.44. The molecule has 0 N–H and O–H groups in total.